The van der Waals surface area contributed by atoms with Crippen molar-refractivity contribution in [1.82, 2.24) is 52.1 Å². The Bertz CT molecular complexity index is 2370. The zero-order valence-electron chi connectivity index (χ0n) is 43.2. The average Bonchev–Trinajstić information content (AvgIpc) is 4.07. The lowest BCUT2D eigenvalue weighted by atomic mass is 10.0. The van der Waals surface area contributed by atoms with Crippen LogP contribution >= 0.6 is 11.8 Å². The lowest BCUT2D eigenvalue weighted by Crippen LogP contribution is -2.62. The highest BCUT2D eigenvalue weighted by Gasteiger charge is 2.42. The van der Waals surface area contributed by atoms with Crippen molar-refractivity contribution < 1.29 is 83.4 Å². The summed E-state index contributed by atoms with van der Waals surface area (Å²) >= 11 is 1.33. The van der Waals surface area contributed by atoms with E-state index < -0.39 is 151 Å². The topological polar surface area (TPSA) is 451 Å². The third kappa shape index (κ3) is 20.9. The number of carbonyl (C=O) groups excluding carboxylic acids is 8. The molecule has 1 fully saturated rings. The highest BCUT2D eigenvalue weighted by atomic mass is 32.2. The number of carboxylic acids is 3. The molecule has 11 atom stereocenters. The van der Waals surface area contributed by atoms with Crippen LogP contribution in [-0.2, 0) is 65.6 Å². The van der Waals surface area contributed by atoms with E-state index in [2.05, 4.69) is 47.2 Å². The predicted octanol–water partition coefficient (Wildman–Crippen LogP) is -3.40. The monoisotopic (exact) mass is 1110 g/mol. The number of rotatable bonds is 32. The summed E-state index contributed by atoms with van der Waals surface area (Å²) in [7, 11) is 0. The second kappa shape index (κ2) is 31.0. The number of likely N-dealkylation sites (tertiary alicyclic amines) is 1. The van der Waals surface area contributed by atoms with Crippen molar-refractivity contribution in [2.75, 3.05) is 18.6 Å². The Labute approximate surface area is 447 Å². The van der Waals surface area contributed by atoms with Crippen molar-refractivity contribution in [2.45, 2.75) is 152 Å². The number of aromatic amines is 1. The molecule has 0 bridgehead atoms. The van der Waals surface area contributed by atoms with E-state index in [0.29, 0.717) is 17.0 Å². The van der Waals surface area contributed by atoms with E-state index >= 15 is 0 Å². The molecular formula is C48H71N11O17S. The van der Waals surface area contributed by atoms with Gasteiger partial charge in [-0.1, -0.05) is 26.0 Å². The number of nitrogens with one attached hydrogen (secondary N) is 8. The van der Waals surface area contributed by atoms with Gasteiger partial charge in [0.1, 0.15) is 54.1 Å². The van der Waals surface area contributed by atoms with Gasteiger partial charge < -0.3 is 83.5 Å². The predicted molar refractivity (Wildman–Crippen MR) is 273 cm³/mol. The Hall–Kier alpha value is -7.37. The third-order valence-corrected chi connectivity index (χ3v) is 12.8. The minimum absolute atomic E-state index is 0.0274. The summed E-state index contributed by atoms with van der Waals surface area (Å²) < 4.78 is 0. The van der Waals surface area contributed by atoms with Crippen LogP contribution in [0.15, 0.2) is 36.8 Å². The Morgan fingerprint density at radius 3 is 1.79 bits per heavy atom. The van der Waals surface area contributed by atoms with Crippen LogP contribution in [-0.4, -0.2) is 196 Å². The number of hydrogen-bond acceptors (Lipinski definition) is 17. The Morgan fingerprint density at radius 2 is 1.26 bits per heavy atom. The molecule has 0 radical (unpaired) electrons. The van der Waals surface area contributed by atoms with Gasteiger partial charge in [0.2, 0.25) is 47.3 Å². The molecule has 3 rings (SSSR count). The van der Waals surface area contributed by atoms with Crippen LogP contribution in [0.1, 0.15) is 83.9 Å². The van der Waals surface area contributed by atoms with E-state index in [1.807, 2.05) is 0 Å². The van der Waals surface area contributed by atoms with E-state index in [9.17, 15) is 78.3 Å². The lowest BCUT2D eigenvalue weighted by molar-refractivity contribution is -0.145. The molecule has 16 N–H and O–H groups in total. The summed E-state index contributed by atoms with van der Waals surface area (Å²) in [6.07, 6.45) is -1.11. The van der Waals surface area contributed by atoms with Crippen LogP contribution in [0.5, 0.6) is 5.75 Å². The van der Waals surface area contributed by atoms with Gasteiger partial charge in [-0.3, -0.25) is 47.9 Å². The highest BCUT2D eigenvalue weighted by Crippen LogP contribution is 2.21. The molecule has 28 nitrogen and oxygen atoms in total. The summed E-state index contributed by atoms with van der Waals surface area (Å²) in [6.45, 7) is 5.72. The van der Waals surface area contributed by atoms with Gasteiger partial charge in [-0.05, 0) is 81.6 Å². The number of aliphatic carboxylic acids is 3. The number of phenols is 1. The molecule has 1 aliphatic rings. The van der Waals surface area contributed by atoms with Gasteiger partial charge in [-0.2, -0.15) is 11.8 Å². The average molecular weight is 1110 g/mol. The number of hydrogen-bond donors (Lipinski definition) is 15. The number of aliphatic hydroxyl groups is 2. The fourth-order valence-corrected chi connectivity index (χ4v) is 8.52. The Morgan fingerprint density at radius 1 is 0.701 bits per heavy atom. The number of aromatic hydroxyl groups is 1. The quantitative estimate of drug-likeness (QED) is 0.0339. The molecule has 1 aromatic carbocycles. The first-order chi connectivity index (χ1) is 36.2. The number of carbonyl (C=O) groups is 11. The van der Waals surface area contributed by atoms with E-state index in [1.165, 1.54) is 62.4 Å². The zero-order chi connectivity index (χ0) is 57.7. The number of nitrogens with two attached hydrogens (primary N) is 1. The normalized spacial score (nSPS) is 17.1. The number of aliphatic hydroxyl groups excluding tert-OH is 2. The molecule has 1 saturated heterocycles. The summed E-state index contributed by atoms with van der Waals surface area (Å²) in [6, 6.07) is -8.33. The number of amides is 8. The summed E-state index contributed by atoms with van der Waals surface area (Å²) in [5, 5.41) is 76.6. The zero-order valence-corrected chi connectivity index (χ0v) is 44.0. The van der Waals surface area contributed by atoms with Gasteiger partial charge in [0.25, 0.3) is 0 Å². The van der Waals surface area contributed by atoms with E-state index in [-0.39, 0.29) is 56.7 Å². The molecule has 77 heavy (non-hydrogen) atoms. The number of benzene rings is 1. The van der Waals surface area contributed by atoms with Crippen molar-refractivity contribution >= 4 is 76.9 Å². The first kappa shape index (κ1) is 63.9. The number of phenolic OH excluding ortho intramolecular Hbond substituents is 1. The van der Waals surface area contributed by atoms with Crippen LogP contribution in [0.25, 0.3) is 0 Å². The number of carboxylic acid groups (broad SMARTS) is 3. The van der Waals surface area contributed by atoms with Crippen LogP contribution in [0.2, 0.25) is 0 Å². The molecule has 1 aromatic heterocycles. The molecular weight excluding hydrogens is 1030 g/mol. The fourth-order valence-electron chi connectivity index (χ4n) is 8.05. The van der Waals surface area contributed by atoms with Crippen molar-refractivity contribution in [3.8, 4) is 5.75 Å². The first-order valence-electron chi connectivity index (χ1n) is 24.7. The maximum atomic E-state index is 14.3. The molecule has 8 amide bonds. The number of aromatic nitrogens is 2. The minimum Gasteiger partial charge on any atom is -0.508 e. The first-order valence-corrected chi connectivity index (χ1v) is 26.1. The highest BCUT2D eigenvalue weighted by molar-refractivity contribution is 7.98. The van der Waals surface area contributed by atoms with Crippen molar-refractivity contribution in [1.29, 1.82) is 0 Å². The largest absolute Gasteiger partial charge is 0.508 e. The van der Waals surface area contributed by atoms with Crippen LogP contribution < -0.4 is 43.0 Å². The smallest absolute Gasteiger partial charge is 0.326 e. The second-order valence-electron chi connectivity index (χ2n) is 19.0. The van der Waals surface area contributed by atoms with E-state index in [1.54, 1.807) is 20.1 Å². The molecule has 2 aromatic rings. The van der Waals surface area contributed by atoms with E-state index in [4.69, 9.17) is 10.8 Å². The van der Waals surface area contributed by atoms with Crippen molar-refractivity contribution in [2.24, 2.45) is 11.7 Å². The molecule has 426 valence electrons. The second-order valence-corrected chi connectivity index (χ2v) is 20.0. The molecule has 29 heteroatoms. The van der Waals surface area contributed by atoms with Gasteiger partial charge in [0.05, 0.1) is 31.0 Å². The molecule has 1 aliphatic heterocycles. The number of H-pyrrole nitrogens is 1. The SMILES string of the molecule is CSCCC(NC(=O)C(Cc1ccc(O)cc1)NC(=O)C(CCC(=O)O)NC(=O)C(Cc1cnc[nH]1)NC(=O)C(CC(C)C)NC(=O)C(NC(=O)C1CCCN1C(=O)C(NC(=O)C(N)CC(=O)O)C(C)O)C(C)O)C(=O)O. The van der Waals surface area contributed by atoms with Gasteiger partial charge in [0.15, 0.2) is 0 Å². The third-order valence-electron chi connectivity index (χ3n) is 12.1. The van der Waals surface area contributed by atoms with Crippen LogP contribution in [0.4, 0.5) is 0 Å². The van der Waals surface area contributed by atoms with Gasteiger partial charge in [-0.15, -0.1) is 0 Å². The fraction of sp³-hybridized carbons (Fsp3) is 0.583. The van der Waals surface area contributed by atoms with Gasteiger partial charge in [-0.25, -0.2) is 9.78 Å². The summed E-state index contributed by atoms with van der Waals surface area (Å²) in [5.74, 6) is -12.1. The van der Waals surface area contributed by atoms with Gasteiger partial charge in [0, 0.05) is 37.7 Å². The lowest BCUT2D eigenvalue weighted by Gasteiger charge is -2.32. The number of imidazole rings is 1. The standard InChI is InChI=1S/C48H71N11O17S/c1-23(2)17-32(56-46(73)38(24(3)60)57-45(72)35-7-6-15-59(35)47(74)39(25(4)61)58-40(67)29(49)20-37(65)66)42(69)55-34(19-27-21-50-22-51-27)44(71)52-30(12-13-36(63)64)41(68)54-33(18-26-8-10-28(62)11-9-26)43(70)53-31(48(75)76)14-16-77-5/h8-11,21-25,29-35,38-39,60-62H,6-7,12-20,49H2,1-5H3,(H,50,51)(H,52,71)(H,53,70)(H,54,68)(H,55,69)(H,56,73)(H,57,72)(H,58,67)(H,63,64)(H,65,66)(H,75,76). The maximum absolute atomic E-state index is 14.3. The summed E-state index contributed by atoms with van der Waals surface area (Å²) in [5.41, 5.74) is 6.34. The molecule has 11 unspecified atom stereocenters. The summed E-state index contributed by atoms with van der Waals surface area (Å²) in [4.78, 5) is 153. The number of nitrogens with zero attached hydrogens (tertiary/aromatic N) is 2. The van der Waals surface area contributed by atoms with Crippen LogP contribution in [0.3, 0.4) is 0 Å². The molecule has 2 heterocycles. The molecule has 0 saturated carbocycles. The number of thioether (sulfide) groups is 1. The van der Waals surface area contributed by atoms with Crippen molar-refractivity contribution in [3.05, 3.63) is 48.0 Å². The van der Waals surface area contributed by atoms with E-state index in [0.717, 1.165) is 4.90 Å². The Kier molecular flexibility index (Phi) is 25.7. The molecule has 0 spiro atoms. The van der Waals surface area contributed by atoms with Gasteiger partial charge >= 0.3 is 17.9 Å². The molecule has 0 aliphatic carbocycles. The van der Waals surface area contributed by atoms with Crippen LogP contribution in [0, 0.1) is 5.92 Å². The minimum atomic E-state index is -1.76. The van der Waals surface area contributed by atoms with Crippen molar-refractivity contribution in [3.63, 3.8) is 0 Å². The Balaban J connectivity index is 1.89. The maximum Gasteiger partial charge on any atom is 0.326 e.